The van der Waals surface area contributed by atoms with E-state index in [1.54, 1.807) is 0 Å². The molecule has 1 heterocycles. The van der Waals surface area contributed by atoms with E-state index in [1.165, 1.54) is 5.69 Å². The Balaban J connectivity index is 2.75. The molecule has 12 heavy (non-hydrogen) atoms. The van der Waals surface area contributed by atoms with Crippen molar-refractivity contribution in [3.05, 3.63) is 11.8 Å². The van der Waals surface area contributed by atoms with E-state index in [4.69, 9.17) is 4.74 Å². The summed E-state index contributed by atoms with van der Waals surface area (Å²) < 4.78 is 7.30. The fourth-order valence-electron chi connectivity index (χ4n) is 1.11. The molecule has 0 fully saturated rings. The Morgan fingerprint density at radius 2 is 2.25 bits per heavy atom. The molecule has 0 amide bonds. The van der Waals surface area contributed by atoms with Crippen LogP contribution in [0.2, 0.25) is 0 Å². The second kappa shape index (κ2) is 3.61. The van der Waals surface area contributed by atoms with Crippen molar-refractivity contribution >= 4 is 0 Å². The van der Waals surface area contributed by atoms with Crippen molar-refractivity contribution in [2.24, 2.45) is 7.05 Å². The van der Waals surface area contributed by atoms with Gasteiger partial charge in [-0.1, -0.05) is 6.92 Å². The molecule has 3 nitrogen and oxygen atoms in total. The zero-order chi connectivity index (χ0) is 9.14. The molecule has 0 bridgehead atoms. The molecule has 0 aromatic carbocycles. The lowest BCUT2D eigenvalue weighted by atomic mass is 10.3. The lowest BCUT2D eigenvalue weighted by Crippen LogP contribution is -2.06. The van der Waals surface area contributed by atoms with Gasteiger partial charge in [0, 0.05) is 18.8 Å². The Morgan fingerprint density at radius 3 is 2.67 bits per heavy atom. The van der Waals surface area contributed by atoms with Gasteiger partial charge >= 0.3 is 0 Å². The second-order valence-corrected chi connectivity index (χ2v) is 3.12. The molecule has 0 spiro atoms. The first-order chi connectivity index (χ1) is 5.63. The molecule has 0 aliphatic rings. The Bertz CT molecular complexity index is 253. The van der Waals surface area contributed by atoms with Crippen molar-refractivity contribution in [2.45, 2.75) is 33.3 Å². The maximum absolute atomic E-state index is 5.45. The first-order valence-corrected chi connectivity index (χ1v) is 4.33. The third-order valence-corrected chi connectivity index (χ3v) is 1.67. The molecular weight excluding hydrogens is 152 g/mol. The van der Waals surface area contributed by atoms with Crippen LogP contribution in [0.5, 0.6) is 5.88 Å². The topological polar surface area (TPSA) is 27.1 Å². The van der Waals surface area contributed by atoms with E-state index in [1.807, 2.05) is 31.6 Å². The highest BCUT2D eigenvalue weighted by Gasteiger charge is 2.04. The van der Waals surface area contributed by atoms with Gasteiger partial charge in [0.05, 0.1) is 6.10 Å². The van der Waals surface area contributed by atoms with E-state index in [9.17, 15) is 0 Å². The summed E-state index contributed by atoms with van der Waals surface area (Å²) in [7, 11) is 1.94. The summed E-state index contributed by atoms with van der Waals surface area (Å²) in [5.41, 5.74) is 1.20. The average Bonchev–Trinajstić information content (AvgIpc) is 2.29. The van der Waals surface area contributed by atoms with Gasteiger partial charge in [-0.15, -0.1) is 5.10 Å². The minimum absolute atomic E-state index is 0.199. The highest BCUT2D eigenvalue weighted by molar-refractivity contribution is 5.15. The van der Waals surface area contributed by atoms with Crippen LogP contribution in [0.25, 0.3) is 0 Å². The van der Waals surface area contributed by atoms with Gasteiger partial charge in [0.15, 0.2) is 0 Å². The van der Waals surface area contributed by atoms with E-state index < -0.39 is 0 Å². The molecule has 0 N–H and O–H groups in total. The van der Waals surface area contributed by atoms with Crippen molar-refractivity contribution < 1.29 is 4.74 Å². The monoisotopic (exact) mass is 168 g/mol. The van der Waals surface area contributed by atoms with Crippen molar-refractivity contribution in [3.63, 3.8) is 0 Å². The van der Waals surface area contributed by atoms with Gasteiger partial charge in [-0.05, 0) is 20.3 Å². The molecule has 0 aliphatic carbocycles. The molecule has 1 rings (SSSR count). The average molecular weight is 168 g/mol. The predicted octanol–water partition coefficient (Wildman–Crippen LogP) is 1.77. The number of hydrogen-bond acceptors (Lipinski definition) is 2. The fraction of sp³-hybridized carbons (Fsp3) is 0.667. The summed E-state index contributed by atoms with van der Waals surface area (Å²) in [5, 5.41) is 4.22. The standard InChI is InChI=1S/C9H16N2O/c1-5-8-6-9(10-11(8)4)12-7(2)3/h6-7H,5H2,1-4H3. The Labute approximate surface area is 73.3 Å². The molecule has 0 radical (unpaired) electrons. The molecule has 3 heteroatoms. The number of ether oxygens (including phenoxy) is 1. The van der Waals surface area contributed by atoms with Crippen molar-refractivity contribution in [1.82, 2.24) is 9.78 Å². The summed E-state index contributed by atoms with van der Waals surface area (Å²) in [5.74, 6) is 0.726. The number of aryl methyl sites for hydroxylation is 2. The van der Waals surface area contributed by atoms with Gasteiger partial charge in [0.25, 0.3) is 0 Å². The van der Waals surface area contributed by atoms with Gasteiger partial charge in [0.2, 0.25) is 5.88 Å². The first-order valence-electron chi connectivity index (χ1n) is 4.33. The van der Waals surface area contributed by atoms with Crippen LogP contribution in [0.3, 0.4) is 0 Å². The smallest absolute Gasteiger partial charge is 0.233 e. The SMILES string of the molecule is CCc1cc(OC(C)C)nn1C. The Hall–Kier alpha value is -0.990. The minimum atomic E-state index is 0.199. The minimum Gasteiger partial charge on any atom is -0.474 e. The van der Waals surface area contributed by atoms with Crippen LogP contribution in [0.15, 0.2) is 6.07 Å². The summed E-state index contributed by atoms with van der Waals surface area (Å²) >= 11 is 0. The summed E-state index contributed by atoms with van der Waals surface area (Å²) in [6, 6.07) is 1.99. The molecule has 0 atom stereocenters. The normalized spacial score (nSPS) is 10.8. The van der Waals surface area contributed by atoms with Gasteiger partial charge < -0.3 is 4.74 Å². The van der Waals surface area contributed by atoms with E-state index in [-0.39, 0.29) is 6.10 Å². The van der Waals surface area contributed by atoms with Crippen LogP contribution in [-0.4, -0.2) is 15.9 Å². The van der Waals surface area contributed by atoms with Crippen LogP contribution in [-0.2, 0) is 13.5 Å². The summed E-state index contributed by atoms with van der Waals surface area (Å²) in [6.45, 7) is 6.11. The van der Waals surface area contributed by atoms with E-state index in [0.29, 0.717) is 0 Å². The first kappa shape index (κ1) is 9.10. The van der Waals surface area contributed by atoms with Crippen LogP contribution in [0.4, 0.5) is 0 Å². The van der Waals surface area contributed by atoms with E-state index in [2.05, 4.69) is 12.0 Å². The van der Waals surface area contributed by atoms with Crippen LogP contribution >= 0.6 is 0 Å². The quantitative estimate of drug-likeness (QED) is 0.687. The maximum Gasteiger partial charge on any atom is 0.233 e. The number of nitrogens with zero attached hydrogens (tertiary/aromatic N) is 2. The predicted molar refractivity (Wildman–Crippen MR) is 48.4 cm³/mol. The van der Waals surface area contributed by atoms with Gasteiger partial charge in [-0.25, -0.2) is 0 Å². The van der Waals surface area contributed by atoms with E-state index >= 15 is 0 Å². The third-order valence-electron chi connectivity index (χ3n) is 1.67. The lowest BCUT2D eigenvalue weighted by Gasteiger charge is -2.04. The third kappa shape index (κ3) is 2.00. The van der Waals surface area contributed by atoms with Crippen molar-refractivity contribution in [3.8, 4) is 5.88 Å². The number of rotatable bonds is 3. The van der Waals surface area contributed by atoms with Crippen LogP contribution < -0.4 is 4.74 Å². The molecule has 0 saturated heterocycles. The van der Waals surface area contributed by atoms with Gasteiger partial charge in [-0.2, -0.15) is 0 Å². The number of hydrogen-bond donors (Lipinski definition) is 0. The van der Waals surface area contributed by atoms with E-state index in [0.717, 1.165) is 12.3 Å². The highest BCUT2D eigenvalue weighted by atomic mass is 16.5. The zero-order valence-corrected chi connectivity index (χ0v) is 8.16. The van der Waals surface area contributed by atoms with Crippen molar-refractivity contribution in [1.29, 1.82) is 0 Å². The molecule has 1 aromatic rings. The molecule has 0 saturated carbocycles. The van der Waals surface area contributed by atoms with Crippen LogP contribution in [0, 0.1) is 0 Å². The fourth-order valence-corrected chi connectivity index (χ4v) is 1.11. The van der Waals surface area contributed by atoms with Gasteiger partial charge in [-0.3, -0.25) is 4.68 Å². The Morgan fingerprint density at radius 1 is 1.58 bits per heavy atom. The zero-order valence-electron chi connectivity index (χ0n) is 8.16. The maximum atomic E-state index is 5.45. The summed E-state index contributed by atoms with van der Waals surface area (Å²) in [6.07, 6.45) is 1.19. The number of aromatic nitrogens is 2. The molecule has 0 unspecified atom stereocenters. The second-order valence-electron chi connectivity index (χ2n) is 3.12. The summed E-state index contributed by atoms with van der Waals surface area (Å²) in [4.78, 5) is 0. The Kier molecular flexibility index (Phi) is 2.74. The highest BCUT2D eigenvalue weighted by Crippen LogP contribution is 2.12. The molecule has 68 valence electrons. The largest absolute Gasteiger partial charge is 0.474 e. The molecule has 1 aromatic heterocycles. The lowest BCUT2D eigenvalue weighted by molar-refractivity contribution is 0.230. The molecular formula is C9H16N2O. The van der Waals surface area contributed by atoms with Crippen molar-refractivity contribution in [2.75, 3.05) is 0 Å². The van der Waals surface area contributed by atoms with Crippen LogP contribution in [0.1, 0.15) is 26.5 Å². The van der Waals surface area contributed by atoms with Gasteiger partial charge in [0.1, 0.15) is 0 Å². The molecule has 0 aliphatic heterocycles.